The molecule has 0 saturated carbocycles. The first-order valence-electron chi connectivity index (χ1n) is 7.97. The highest BCUT2D eigenvalue weighted by molar-refractivity contribution is 7.92. The average molecular weight is 419 g/mol. The molecule has 0 unspecified atom stereocenters. The summed E-state index contributed by atoms with van der Waals surface area (Å²) in [7, 11) is -2.97. The minimum absolute atomic E-state index is 0.0697. The zero-order valence-electron chi connectivity index (χ0n) is 14.6. The number of nitrogens with zero attached hydrogens (tertiary/aromatic N) is 1. The summed E-state index contributed by atoms with van der Waals surface area (Å²) in [5.74, 6) is -1.40. The molecule has 0 bridgehead atoms. The number of carboxylic acid groups (broad SMARTS) is 1. The van der Waals surface area contributed by atoms with E-state index < -0.39 is 20.9 Å². The Morgan fingerprint density at radius 1 is 1.11 bits per heavy atom. The Morgan fingerprint density at radius 3 is 2.46 bits per heavy atom. The van der Waals surface area contributed by atoms with Gasteiger partial charge in [0.15, 0.2) is 5.75 Å². The standard InChI is InChI=1S/C19H15ClN2O5S/c1-27-18-15(20)9-14(19(23)24)10-16(18)28(25,26)22-17-11-13(7-8-21-17)12-5-3-2-4-6-12/h2-11H,1H3,(H,21,22)(H,23,24). The molecular weight excluding hydrogens is 404 g/mol. The number of anilines is 1. The van der Waals surface area contributed by atoms with Crippen LogP contribution in [-0.4, -0.2) is 31.6 Å². The molecular formula is C19H15ClN2O5S. The summed E-state index contributed by atoms with van der Waals surface area (Å²) in [5, 5.41) is 9.06. The fraction of sp³-hybridized carbons (Fsp3) is 0.0526. The predicted octanol–water partition coefficient (Wildman–Crippen LogP) is 3.91. The van der Waals surface area contributed by atoms with E-state index in [9.17, 15) is 18.3 Å². The van der Waals surface area contributed by atoms with Crippen molar-refractivity contribution < 1.29 is 23.1 Å². The zero-order valence-corrected chi connectivity index (χ0v) is 16.2. The minimum atomic E-state index is -4.22. The van der Waals surface area contributed by atoms with Crippen LogP contribution in [0, 0.1) is 0 Å². The number of nitrogens with one attached hydrogen (secondary N) is 1. The van der Waals surface area contributed by atoms with E-state index in [1.165, 1.54) is 13.3 Å². The van der Waals surface area contributed by atoms with Crippen LogP contribution >= 0.6 is 11.6 Å². The second kappa shape index (κ2) is 7.87. The van der Waals surface area contributed by atoms with Crippen molar-refractivity contribution >= 4 is 33.4 Å². The Bertz CT molecular complexity index is 1130. The van der Waals surface area contributed by atoms with E-state index in [0.717, 1.165) is 23.3 Å². The fourth-order valence-corrected chi connectivity index (χ4v) is 4.15. The van der Waals surface area contributed by atoms with Crippen molar-refractivity contribution in [1.29, 1.82) is 0 Å². The van der Waals surface area contributed by atoms with Crippen LogP contribution in [0.15, 0.2) is 65.7 Å². The second-order valence-corrected chi connectivity index (χ2v) is 7.75. The van der Waals surface area contributed by atoms with Crippen LogP contribution in [-0.2, 0) is 10.0 Å². The number of benzene rings is 2. The van der Waals surface area contributed by atoms with Gasteiger partial charge in [-0.3, -0.25) is 4.72 Å². The number of pyridine rings is 1. The third-order valence-corrected chi connectivity index (χ3v) is 5.50. The quantitative estimate of drug-likeness (QED) is 0.628. The van der Waals surface area contributed by atoms with Gasteiger partial charge in [-0.1, -0.05) is 41.9 Å². The monoisotopic (exact) mass is 418 g/mol. The lowest BCUT2D eigenvalue weighted by molar-refractivity contribution is 0.0696. The van der Waals surface area contributed by atoms with Crippen molar-refractivity contribution in [1.82, 2.24) is 4.98 Å². The highest BCUT2D eigenvalue weighted by Crippen LogP contribution is 2.34. The first-order chi connectivity index (χ1) is 13.3. The summed E-state index contributed by atoms with van der Waals surface area (Å²) in [5.41, 5.74) is 1.37. The van der Waals surface area contributed by atoms with Gasteiger partial charge in [-0.25, -0.2) is 18.2 Å². The number of methoxy groups -OCH3 is 1. The number of ether oxygens (including phenoxy) is 1. The SMILES string of the molecule is COc1c(Cl)cc(C(=O)O)cc1S(=O)(=O)Nc1cc(-c2ccccc2)ccn1. The number of sulfonamides is 1. The molecule has 0 aliphatic carbocycles. The van der Waals surface area contributed by atoms with E-state index in [1.807, 2.05) is 30.3 Å². The van der Waals surface area contributed by atoms with Crippen molar-refractivity contribution in [3.8, 4) is 16.9 Å². The topological polar surface area (TPSA) is 106 Å². The average Bonchev–Trinajstić information content (AvgIpc) is 2.67. The molecule has 3 rings (SSSR count). The number of aromatic carboxylic acids is 1. The van der Waals surface area contributed by atoms with Gasteiger partial charge in [0.25, 0.3) is 10.0 Å². The molecule has 2 aromatic carbocycles. The molecule has 144 valence electrons. The largest absolute Gasteiger partial charge is 0.494 e. The molecule has 0 aliphatic heterocycles. The van der Waals surface area contributed by atoms with Crippen molar-refractivity contribution in [2.45, 2.75) is 4.90 Å². The number of halogens is 1. The molecule has 0 saturated heterocycles. The van der Waals surface area contributed by atoms with E-state index in [0.29, 0.717) is 0 Å². The van der Waals surface area contributed by atoms with Crippen LogP contribution in [0.2, 0.25) is 5.02 Å². The highest BCUT2D eigenvalue weighted by Gasteiger charge is 2.25. The molecule has 0 atom stereocenters. The van der Waals surface area contributed by atoms with Crippen molar-refractivity contribution in [2.24, 2.45) is 0 Å². The van der Waals surface area contributed by atoms with Gasteiger partial charge in [0.1, 0.15) is 10.7 Å². The van der Waals surface area contributed by atoms with Gasteiger partial charge in [-0.05, 0) is 35.4 Å². The van der Waals surface area contributed by atoms with Crippen LogP contribution in [0.3, 0.4) is 0 Å². The molecule has 0 spiro atoms. The predicted molar refractivity (Wildman–Crippen MR) is 105 cm³/mol. The van der Waals surface area contributed by atoms with E-state index >= 15 is 0 Å². The second-order valence-electron chi connectivity index (χ2n) is 5.70. The van der Waals surface area contributed by atoms with Gasteiger partial charge >= 0.3 is 5.97 Å². The van der Waals surface area contributed by atoms with E-state index in [4.69, 9.17) is 16.3 Å². The Labute approximate surface area is 166 Å². The van der Waals surface area contributed by atoms with Crippen molar-refractivity contribution in [3.05, 3.63) is 71.4 Å². The highest BCUT2D eigenvalue weighted by atomic mass is 35.5. The number of hydrogen-bond acceptors (Lipinski definition) is 5. The lowest BCUT2D eigenvalue weighted by Gasteiger charge is -2.14. The molecule has 9 heteroatoms. The Morgan fingerprint density at radius 2 is 1.82 bits per heavy atom. The van der Waals surface area contributed by atoms with Gasteiger partial charge in [0, 0.05) is 6.20 Å². The lowest BCUT2D eigenvalue weighted by Crippen LogP contribution is -2.16. The van der Waals surface area contributed by atoms with Gasteiger partial charge in [-0.15, -0.1) is 0 Å². The summed E-state index contributed by atoms with van der Waals surface area (Å²) in [4.78, 5) is 14.9. The third-order valence-electron chi connectivity index (χ3n) is 3.86. The Hall–Kier alpha value is -3.10. The van der Waals surface area contributed by atoms with E-state index in [2.05, 4.69) is 9.71 Å². The van der Waals surface area contributed by atoms with Crippen LogP contribution in [0.5, 0.6) is 5.75 Å². The summed E-state index contributed by atoms with van der Waals surface area (Å²) in [6, 6.07) is 14.8. The van der Waals surface area contributed by atoms with Gasteiger partial charge in [-0.2, -0.15) is 0 Å². The molecule has 1 heterocycles. The van der Waals surface area contributed by atoms with Crippen LogP contribution < -0.4 is 9.46 Å². The maximum Gasteiger partial charge on any atom is 0.335 e. The molecule has 2 N–H and O–H groups in total. The molecule has 0 amide bonds. The number of carbonyl (C=O) groups is 1. The fourth-order valence-electron chi connectivity index (χ4n) is 2.58. The molecule has 1 aromatic heterocycles. The lowest BCUT2D eigenvalue weighted by atomic mass is 10.1. The van der Waals surface area contributed by atoms with Crippen molar-refractivity contribution in [2.75, 3.05) is 11.8 Å². The molecule has 3 aromatic rings. The van der Waals surface area contributed by atoms with E-state index in [-0.39, 0.29) is 22.2 Å². The number of aromatic nitrogens is 1. The summed E-state index contributed by atoms with van der Waals surface area (Å²) < 4.78 is 33.2. The third kappa shape index (κ3) is 4.08. The summed E-state index contributed by atoms with van der Waals surface area (Å²) >= 11 is 6.00. The number of rotatable bonds is 6. The first kappa shape index (κ1) is 19.7. The van der Waals surface area contributed by atoms with Gasteiger partial charge in [0.05, 0.1) is 17.7 Å². The normalized spacial score (nSPS) is 11.1. The van der Waals surface area contributed by atoms with Gasteiger partial charge in [0.2, 0.25) is 0 Å². The first-order valence-corrected chi connectivity index (χ1v) is 9.83. The smallest absolute Gasteiger partial charge is 0.335 e. The molecule has 0 radical (unpaired) electrons. The zero-order chi connectivity index (χ0) is 20.3. The molecule has 7 nitrogen and oxygen atoms in total. The Kier molecular flexibility index (Phi) is 5.53. The number of hydrogen-bond donors (Lipinski definition) is 2. The molecule has 28 heavy (non-hydrogen) atoms. The maximum absolute atomic E-state index is 12.9. The van der Waals surface area contributed by atoms with Crippen LogP contribution in [0.1, 0.15) is 10.4 Å². The molecule has 0 aliphatic rings. The minimum Gasteiger partial charge on any atom is -0.494 e. The van der Waals surface area contributed by atoms with Crippen LogP contribution in [0.25, 0.3) is 11.1 Å². The maximum atomic E-state index is 12.9. The number of carboxylic acids is 1. The van der Waals surface area contributed by atoms with Gasteiger partial charge < -0.3 is 9.84 Å². The Balaban J connectivity index is 2.02. The molecule has 0 fully saturated rings. The van der Waals surface area contributed by atoms with Crippen molar-refractivity contribution in [3.63, 3.8) is 0 Å². The summed E-state index contributed by atoms with van der Waals surface area (Å²) in [6.45, 7) is 0. The summed E-state index contributed by atoms with van der Waals surface area (Å²) in [6.07, 6.45) is 1.47. The van der Waals surface area contributed by atoms with E-state index in [1.54, 1.807) is 12.1 Å². The van der Waals surface area contributed by atoms with Crippen LogP contribution in [0.4, 0.5) is 5.82 Å².